The predicted molar refractivity (Wildman–Crippen MR) is 225 cm³/mol. The Labute approximate surface area is 336 Å². The first-order valence-corrected chi connectivity index (χ1v) is 20.2. The number of rotatable bonds is 11. The van der Waals surface area contributed by atoms with E-state index in [1.54, 1.807) is 42.5 Å². The van der Waals surface area contributed by atoms with Gasteiger partial charge in [0.15, 0.2) is 0 Å². The number of carbonyl (C=O) groups excluding carboxylic acids is 3. The number of thiophene rings is 1. The van der Waals surface area contributed by atoms with Crippen molar-refractivity contribution in [2.45, 2.75) is 35.3 Å². The zero-order chi connectivity index (χ0) is 38.1. The van der Waals surface area contributed by atoms with Crippen LogP contribution in [-0.4, -0.2) is 17.7 Å². The van der Waals surface area contributed by atoms with Crippen molar-refractivity contribution in [1.82, 2.24) is 5.32 Å². The van der Waals surface area contributed by atoms with Gasteiger partial charge in [-0.25, -0.2) is 0 Å². The lowest BCUT2D eigenvalue weighted by molar-refractivity contribution is -0.116. The predicted octanol–water partition coefficient (Wildman–Crippen LogP) is 10.5. The fourth-order valence-corrected chi connectivity index (χ4v) is 9.35. The highest BCUT2D eigenvalue weighted by Gasteiger charge is 2.29. The second-order valence-corrected chi connectivity index (χ2v) is 16.2. The van der Waals surface area contributed by atoms with E-state index in [1.807, 2.05) is 78.9 Å². The van der Waals surface area contributed by atoms with E-state index in [0.29, 0.717) is 27.7 Å². The van der Waals surface area contributed by atoms with E-state index < -0.39 is 17.1 Å². The highest BCUT2D eigenvalue weighted by Crippen LogP contribution is 2.44. The number of fused-ring (bicyclic) bond motifs is 1. The summed E-state index contributed by atoms with van der Waals surface area (Å²) in [6.45, 7) is 0. The molecule has 0 saturated heterocycles. The molecule has 1 aliphatic rings. The van der Waals surface area contributed by atoms with E-state index >= 15 is 0 Å². The van der Waals surface area contributed by atoms with E-state index in [0.717, 1.165) is 50.2 Å². The largest absolute Gasteiger partial charge is 0.321 e. The van der Waals surface area contributed by atoms with Gasteiger partial charge in [-0.05, 0) is 96.0 Å². The highest BCUT2D eigenvalue weighted by molar-refractivity contribution is 9.10. The summed E-state index contributed by atoms with van der Waals surface area (Å²) >= 11 is 6.32. The number of benzene rings is 5. The molecule has 55 heavy (non-hydrogen) atoms. The van der Waals surface area contributed by atoms with E-state index in [4.69, 9.17) is 0 Å². The standard InChI is InChI=1S/C45H35BrN4O3S2/c46-34-19-10-12-29(24-34)25-39(49-42(51)32-17-8-3-9-18-32)43(52)48-35-20-11-21-36(27-35)54-41(31-15-6-2-7-16-31)44(53)50-45-38(28-47)37-23-22-33(26-40(37)55-45)30-13-4-1-5-14-30/h1-21,24-25,27,33,41H,22-23,26H2,(H,48,52)(H,49,51)(H,50,53)/b39-25+. The Bertz CT molecular complexity index is 2410. The summed E-state index contributed by atoms with van der Waals surface area (Å²) in [6.07, 6.45) is 4.19. The van der Waals surface area contributed by atoms with Gasteiger partial charge in [0.05, 0.1) is 5.56 Å². The van der Waals surface area contributed by atoms with Crippen molar-refractivity contribution in [3.63, 3.8) is 0 Å². The highest BCUT2D eigenvalue weighted by atomic mass is 79.9. The molecule has 2 atom stereocenters. The number of nitriles is 1. The lowest BCUT2D eigenvalue weighted by atomic mass is 9.83. The van der Waals surface area contributed by atoms with Crippen molar-refractivity contribution in [2.24, 2.45) is 0 Å². The van der Waals surface area contributed by atoms with Gasteiger partial charge in [-0.2, -0.15) is 5.26 Å². The van der Waals surface area contributed by atoms with Gasteiger partial charge >= 0.3 is 0 Å². The van der Waals surface area contributed by atoms with Crippen LogP contribution in [0.25, 0.3) is 6.08 Å². The fourth-order valence-electron chi connectivity index (χ4n) is 6.57. The van der Waals surface area contributed by atoms with Crippen molar-refractivity contribution >= 4 is 73.5 Å². The molecule has 7 rings (SSSR count). The second-order valence-electron chi connectivity index (χ2n) is 13.0. The van der Waals surface area contributed by atoms with Crippen molar-refractivity contribution in [3.8, 4) is 6.07 Å². The molecule has 6 aromatic rings. The van der Waals surface area contributed by atoms with E-state index in [9.17, 15) is 19.6 Å². The molecule has 5 aromatic carbocycles. The van der Waals surface area contributed by atoms with Crippen molar-refractivity contribution < 1.29 is 14.4 Å². The van der Waals surface area contributed by atoms with Crippen molar-refractivity contribution in [3.05, 3.63) is 188 Å². The Morgan fingerprint density at radius 1 is 0.836 bits per heavy atom. The average molecular weight is 824 g/mol. The Morgan fingerprint density at radius 2 is 1.55 bits per heavy atom. The summed E-state index contributed by atoms with van der Waals surface area (Å²) in [6, 6.07) is 45.7. The number of hydrogen-bond acceptors (Lipinski definition) is 6. The number of carbonyl (C=O) groups is 3. The van der Waals surface area contributed by atoms with Gasteiger partial charge in [0, 0.05) is 25.5 Å². The lowest BCUT2D eigenvalue weighted by Crippen LogP contribution is -2.30. The Hall–Kier alpha value is -5.73. The third kappa shape index (κ3) is 9.33. The number of nitrogens with zero attached hydrogens (tertiary/aromatic N) is 1. The van der Waals surface area contributed by atoms with Gasteiger partial charge in [0.25, 0.3) is 11.8 Å². The maximum atomic E-state index is 14.2. The van der Waals surface area contributed by atoms with Crippen LogP contribution in [0.5, 0.6) is 0 Å². The number of amides is 3. The third-order valence-corrected chi connectivity index (χ3v) is 12.2. The zero-order valence-electron chi connectivity index (χ0n) is 29.5. The monoisotopic (exact) mass is 822 g/mol. The molecule has 2 unspecified atom stereocenters. The van der Waals surface area contributed by atoms with E-state index in [-0.39, 0.29) is 11.6 Å². The maximum absolute atomic E-state index is 14.2. The smallest absolute Gasteiger partial charge is 0.272 e. The summed E-state index contributed by atoms with van der Waals surface area (Å²) in [7, 11) is 0. The van der Waals surface area contributed by atoms with Gasteiger partial charge in [-0.15, -0.1) is 23.1 Å². The molecule has 1 aromatic heterocycles. The normalized spacial score (nSPS) is 14.2. The lowest BCUT2D eigenvalue weighted by Gasteiger charge is -2.22. The van der Waals surface area contributed by atoms with Crippen LogP contribution >= 0.6 is 39.0 Å². The molecule has 0 spiro atoms. The van der Waals surface area contributed by atoms with Crippen molar-refractivity contribution in [1.29, 1.82) is 5.26 Å². The molecular formula is C45H35BrN4O3S2. The molecule has 0 bridgehead atoms. The molecule has 1 heterocycles. The second kappa shape index (κ2) is 17.6. The van der Waals surface area contributed by atoms with Gasteiger partial charge in [0.1, 0.15) is 22.0 Å². The summed E-state index contributed by atoms with van der Waals surface area (Å²) in [5.74, 6) is -0.803. The van der Waals surface area contributed by atoms with Crippen molar-refractivity contribution in [2.75, 3.05) is 10.6 Å². The molecule has 7 nitrogen and oxygen atoms in total. The molecule has 0 fully saturated rings. The molecule has 0 aliphatic heterocycles. The molecule has 1 aliphatic carbocycles. The first-order chi connectivity index (χ1) is 26.8. The van der Waals surface area contributed by atoms with Gasteiger partial charge < -0.3 is 16.0 Å². The fraction of sp³-hybridized carbons (Fsp3) is 0.111. The minimum atomic E-state index is -0.660. The van der Waals surface area contributed by atoms with Gasteiger partial charge in [0.2, 0.25) is 5.91 Å². The topological polar surface area (TPSA) is 111 Å². The summed E-state index contributed by atoms with van der Waals surface area (Å²) in [4.78, 5) is 43.0. The van der Waals surface area contributed by atoms with Crippen LogP contribution in [0.1, 0.15) is 60.6 Å². The summed E-state index contributed by atoms with van der Waals surface area (Å²) < 4.78 is 0.830. The number of thioether (sulfide) groups is 1. The van der Waals surface area contributed by atoms with E-state index in [1.165, 1.54) is 28.7 Å². The SMILES string of the molecule is N#Cc1c(NC(=O)C(Sc2cccc(NC(=O)/C(=C\c3cccc(Br)c3)NC(=O)c3ccccc3)c2)c2ccccc2)sc2c1CCC(c1ccccc1)C2. The molecule has 3 amide bonds. The quantitative estimate of drug-likeness (QED) is 0.0890. The zero-order valence-corrected chi connectivity index (χ0v) is 32.7. The minimum absolute atomic E-state index is 0.0635. The van der Waals surface area contributed by atoms with Crippen LogP contribution in [0.15, 0.2) is 155 Å². The molecule has 10 heteroatoms. The molecule has 3 N–H and O–H groups in total. The summed E-state index contributed by atoms with van der Waals surface area (Å²) in [5, 5.41) is 19.0. The first-order valence-electron chi connectivity index (χ1n) is 17.7. The Morgan fingerprint density at radius 3 is 2.27 bits per heavy atom. The van der Waals surface area contributed by atoms with Crippen LogP contribution in [-0.2, 0) is 22.4 Å². The van der Waals surface area contributed by atoms with Crippen LogP contribution in [0.3, 0.4) is 0 Å². The van der Waals surface area contributed by atoms with Crippen LogP contribution in [0.2, 0.25) is 0 Å². The third-order valence-electron chi connectivity index (χ3n) is 9.26. The van der Waals surface area contributed by atoms with Gasteiger partial charge in [-0.1, -0.05) is 113 Å². The minimum Gasteiger partial charge on any atom is -0.321 e. The Kier molecular flexibility index (Phi) is 12.0. The van der Waals surface area contributed by atoms with Crippen LogP contribution in [0, 0.1) is 11.3 Å². The molecule has 272 valence electrons. The number of hydrogen-bond donors (Lipinski definition) is 3. The maximum Gasteiger partial charge on any atom is 0.272 e. The summed E-state index contributed by atoms with van der Waals surface area (Å²) in [5.41, 5.74) is 5.36. The van der Waals surface area contributed by atoms with Crippen LogP contribution in [0.4, 0.5) is 10.7 Å². The van der Waals surface area contributed by atoms with E-state index in [2.05, 4.69) is 62.2 Å². The molecule has 0 radical (unpaired) electrons. The molecular weight excluding hydrogens is 789 g/mol. The molecule has 0 saturated carbocycles. The first kappa shape index (κ1) is 37.6. The average Bonchev–Trinajstić information content (AvgIpc) is 3.56. The Balaban J connectivity index is 1.11. The number of halogens is 1. The number of nitrogens with one attached hydrogen (secondary N) is 3. The number of anilines is 2. The van der Waals surface area contributed by atoms with Gasteiger partial charge in [-0.3, -0.25) is 14.4 Å². The van der Waals surface area contributed by atoms with Crippen LogP contribution < -0.4 is 16.0 Å².